The van der Waals surface area contributed by atoms with Crippen molar-refractivity contribution in [2.75, 3.05) is 6.54 Å². The minimum absolute atomic E-state index is 0.0576. The van der Waals surface area contributed by atoms with E-state index in [9.17, 15) is 10.1 Å². The van der Waals surface area contributed by atoms with Gasteiger partial charge >= 0.3 is 0 Å². The van der Waals surface area contributed by atoms with Gasteiger partial charge in [0.1, 0.15) is 0 Å². The molecule has 0 spiro atoms. The Bertz CT molecular complexity index is 440. The molecule has 0 aliphatic heterocycles. The number of nitrogens with zero attached hydrogens (tertiary/aromatic N) is 1. The van der Waals surface area contributed by atoms with E-state index >= 15 is 0 Å². The third-order valence-corrected chi connectivity index (χ3v) is 2.45. The highest BCUT2D eigenvalue weighted by Crippen LogP contribution is 2.22. The largest absolute Gasteiger partial charge is 0.309 e. The van der Waals surface area contributed by atoms with Gasteiger partial charge < -0.3 is 5.32 Å². The molecular formula is C12H15ClN2O2. The Morgan fingerprint density at radius 1 is 1.53 bits per heavy atom. The number of nitrogens with one attached hydrogen (secondary N) is 1. The number of hydrogen-bond acceptors (Lipinski definition) is 3. The zero-order chi connectivity index (χ0) is 12.8. The molecule has 92 valence electrons. The molecule has 1 aromatic carbocycles. The quantitative estimate of drug-likeness (QED) is 0.380. The summed E-state index contributed by atoms with van der Waals surface area (Å²) in [6.07, 6.45) is 2.03. The van der Waals surface area contributed by atoms with E-state index in [-0.39, 0.29) is 5.69 Å². The van der Waals surface area contributed by atoms with Crippen molar-refractivity contribution in [3.05, 3.63) is 50.5 Å². The fraction of sp³-hybridized carbons (Fsp3) is 0.333. The van der Waals surface area contributed by atoms with Crippen molar-refractivity contribution in [1.29, 1.82) is 0 Å². The van der Waals surface area contributed by atoms with Gasteiger partial charge in [0.2, 0.25) is 0 Å². The van der Waals surface area contributed by atoms with Gasteiger partial charge in [-0.2, -0.15) is 0 Å². The second-order valence-electron chi connectivity index (χ2n) is 3.94. The molecule has 17 heavy (non-hydrogen) atoms. The zero-order valence-corrected chi connectivity index (χ0v) is 10.6. The summed E-state index contributed by atoms with van der Waals surface area (Å²) < 4.78 is 0. The summed E-state index contributed by atoms with van der Waals surface area (Å²) in [7, 11) is 0. The number of benzene rings is 1. The van der Waals surface area contributed by atoms with E-state index in [1.54, 1.807) is 12.1 Å². The zero-order valence-electron chi connectivity index (χ0n) is 9.87. The Morgan fingerprint density at radius 2 is 2.24 bits per heavy atom. The summed E-state index contributed by atoms with van der Waals surface area (Å²) in [5.74, 6) is 0. The fourth-order valence-corrected chi connectivity index (χ4v) is 1.51. The highest BCUT2D eigenvalue weighted by Gasteiger charge is 2.13. The number of rotatable bonds is 5. The van der Waals surface area contributed by atoms with E-state index in [1.165, 1.54) is 11.6 Å². The summed E-state index contributed by atoms with van der Waals surface area (Å²) in [6.45, 7) is 5.16. The average Bonchev–Trinajstić information content (AvgIpc) is 2.25. The maximum Gasteiger partial charge on any atom is 0.275 e. The fourth-order valence-electron chi connectivity index (χ4n) is 1.34. The Balaban J connectivity index is 2.70. The SMILES string of the molecule is CC(C)=CCNCc1ccc(Cl)cc1[N+](=O)[O-]. The summed E-state index contributed by atoms with van der Waals surface area (Å²) in [5, 5.41) is 14.3. The molecule has 0 amide bonds. The second-order valence-corrected chi connectivity index (χ2v) is 4.38. The lowest BCUT2D eigenvalue weighted by Crippen LogP contribution is -2.14. The number of halogens is 1. The van der Waals surface area contributed by atoms with Crippen molar-refractivity contribution in [2.45, 2.75) is 20.4 Å². The van der Waals surface area contributed by atoms with E-state index in [0.29, 0.717) is 23.7 Å². The lowest BCUT2D eigenvalue weighted by Gasteiger charge is -2.04. The molecule has 0 heterocycles. The van der Waals surface area contributed by atoms with Crippen LogP contribution in [0.1, 0.15) is 19.4 Å². The van der Waals surface area contributed by atoms with Crippen molar-refractivity contribution in [2.24, 2.45) is 0 Å². The van der Waals surface area contributed by atoms with Gasteiger partial charge in [-0.05, 0) is 26.0 Å². The van der Waals surface area contributed by atoms with Crippen LogP contribution >= 0.6 is 11.6 Å². The summed E-state index contributed by atoms with van der Waals surface area (Å²) >= 11 is 5.73. The van der Waals surface area contributed by atoms with Crippen molar-refractivity contribution in [3.63, 3.8) is 0 Å². The Kier molecular flexibility index (Phi) is 5.12. The molecular weight excluding hydrogens is 240 g/mol. The Labute approximate surface area is 105 Å². The first-order valence-corrected chi connectivity index (χ1v) is 5.65. The molecule has 0 radical (unpaired) electrons. The summed E-state index contributed by atoms with van der Waals surface area (Å²) in [5.41, 5.74) is 1.91. The van der Waals surface area contributed by atoms with Gasteiger partial charge in [0.05, 0.1) is 4.92 Å². The topological polar surface area (TPSA) is 55.2 Å². The summed E-state index contributed by atoms with van der Waals surface area (Å²) in [6, 6.07) is 4.71. The molecule has 1 N–H and O–H groups in total. The van der Waals surface area contributed by atoms with Gasteiger partial charge in [-0.15, -0.1) is 0 Å². The molecule has 0 saturated heterocycles. The van der Waals surface area contributed by atoms with Crippen molar-refractivity contribution in [1.82, 2.24) is 5.32 Å². The van der Waals surface area contributed by atoms with Crippen LogP contribution in [0.2, 0.25) is 5.02 Å². The van der Waals surface area contributed by atoms with E-state index in [2.05, 4.69) is 5.32 Å². The van der Waals surface area contributed by atoms with Crippen molar-refractivity contribution < 1.29 is 4.92 Å². The van der Waals surface area contributed by atoms with Crippen LogP contribution in [0, 0.1) is 10.1 Å². The highest BCUT2D eigenvalue weighted by atomic mass is 35.5. The Morgan fingerprint density at radius 3 is 2.82 bits per heavy atom. The van der Waals surface area contributed by atoms with Crippen LogP contribution in [0.5, 0.6) is 0 Å². The predicted molar refractivity (Wildman–Crippen MR) is 69.2 cm³/mol. The molecule has 5 heteroatoms. The molecule has 0 unspecified atom stereocenters. The number of nitro benzene ring substituents is 1. The first kappa shape index (κ1) is 13.7. The number of nitro groups is 1. The molecule has 0 bridgehead atoms. The van der Waals surface area contributed by atoms with E-state index in [4.69, 9.17) is 11.6 Å². The second kappa shape index (κ2) is 6.37. The molecule has 0 aliphatic rings. The first-order valence-electron chi connectivity index (χ1n) is 5.27. The lowest BCUT2D eigenvalue weighted by molar-refractivity contribution is -0.385. The third kappa shape index (κ3) is 4.54. The Hall–Kier alpha value is -1.39. The first-order chi connectivity index (χ1) is 8.00. The molecule has 0 fully saturated rings. The van der Waals surface area contributed by atoms with Crippen molar-refractivity contribution in [3.8, 4) is 0 Å². The summed E-state index contributed by atoms with van der Waals surface area (Å²) in [4.78, 5) is 10.4. The standard InChI is InChI=1S/C12H15ClN2O2/c1-9(2)5-6-14-8-10-3-4-11(13)7-12(10)15(16)17/h3-5,7,14H,6,8H2,1-2H3. The molecule has 1 aromatic rings. The number of allylic oxidation sites excluding steroid dienone is 1. The maximum atomic E-state index is 10.8. The molecule has 0 aromatic heterocycles. The van der Waals surface area contributed by atoms with Crippen LogP contribution in [0.4, 0.5) is 5.69 Å². The normalized spacial score (nSPS) is 10.1. The van der Waals surface area contributed by atoms with Gasteiger partial charge in [-0.1, -0.05) is 23.3 Å². The minimum atomic E-state index is -0.413. The van der Waals surface area contributed by atoms with E-state index in [0.717, 1.165) is 0 Å². The van der Waals surface area contributed by atoms with Crippen LogP contribution in [-0.2, 0) is 6.54 Å². The van der Waals surface area contributed by atoms with Gasteiger partial charge in [0.25, 0.3) is 5.69 Å². The van der Waals surface area contributed by atoms with E-state index < -0.39 is 4.92 Å². The van der Waals surface area contributed by atoms with Crippen LogP contribution < -0.4 is 5.32 Å². The van der Waals surface area contributed by atoms with Gasteiger partial charge in [-0.3, -0.25) is 10.1 Å². The smallest absolute Gasteiger partial charge is 0.275 e. The van der Waals surface area contributed by atoms with Crippen LogP contribution in [0.3, 0.4) is 0 Å². The van der Waals surface area contributed by atoms with Gasteiger partial charge in [0, 0.05) is 29.7 Å². The van der Waals surface area contributed by atoms with Crippen LogP contribution in [0.25, 0.3) is 0 Å². The lowest BCUT2D eigenvalue weighted by atomic mass is 10.2. The monoisotopic (exact) mass is 254 g/mol. The molecule has 0 aliphatic carbocycles. The molecule has 0 saturated carbocycles. The minimum Gasteiger partial charge on any atom is -0.309 e. The maximum absolute atomic E-state index is 10.8. The highest BCUT2D eigenvalue weighted by molar-refractivity contribution is 6.30. The number of hydrogen-bond donors (Lipinski definition) is 1. The third-order valence-electron chi connectivity index (χ3n) is 2.21. The van der Waals surface area contributed by atoms with Crippen LogP contribution in [-0.4, -0.2) is 11.5 Å². The van der Waals surface area contributed by atoms with Crippen LogP contribution in [0.15, 0.2) is 29.8 Å². The predicted octanol–water partition coefficient (Wildman–Crippen LogP) is 3.30. The van der Waals surface area contributed by atoms with Gasteiger partial charge in [0.15, 0.2) is 0 Å². The van der Waals surface area contributed by atoms with E-state index in [1.807, 2.05) is 19.9 Å². The average molecular weight is 255 g/mol. The molecule has 1 rings (SSSR count). The van der Waals surface area contributed by atoms with Gasteiger partial charge in [-0.25, -0.2) is 0 Å². The molecule has 0 atom stereocenters. The molecule has 4 nitrogen and oxygen atoms in total. The van der Waals surface area contributed by atoms with Crippen molar-refractivity contribution >= 4 is 17.3 Å².